The molecule has 0 bridgehead atoms. The summed E-state index contributed by atoms with van der Waals surface area (Å²) >= 11 is 0. The maximum Gasteiger partial charge on any atom is 0.410 e. The Morgan fingerprint density at radius 2 is 1.72 bits per heavy atom. The number of hydrogen-bond donors (Lipinski definition) is 1. The van der Waals surface area contributed by atoms with E-state index in [0.717, 1.165) is 11.1 Å². The van der Waals surface area contributed by atoms with Crippen molar-refractivity contribution in [3.8, 4) is 22.9 Å². The Morgan fingerprint density at radius 3 is 2.28 bits per heavy atom. The van der Waals surface area contributed by atoms with Crippen molar-refractivity contribution in [1.29, 1.82) is 5.26 Å². The normalized spacial score (nSPS) is 13.9. The van der Waals surface area contributed by atoms with Crippen LogP contribution in [0.1, 0.15) is 36.7 Å². The van der Waals surface area contributed by atoms with Gasteiger partial charge in [0.25, 0.3) is 0 Å². The van der Waals surface area contributed by atoms with Crippen LogP contribution < -0.4 is 4.74 Å². The predicted molar refractivity (Wildman–Crippen MR) is 106 cm³/mol. The van der Waals surface area contributed by atoms with Crippen molar-refractivity contribution in [2.75, 3.05) is 13.1 Å². The van der Waals surface area contributed by atoms with E-state index in [1.54, 1.807) is 57.2 Å². The molecule has 1 fully saturated rings. The van der Waals surface area contributed by atoms with E-state index in [2.05, 4.69) is 6.07 Å². The van der Waals surface area contributed by atoms with Crippen molar-refractivity contribution < 1.29 is 24.2 Å². The number of nitrogens with zero attached hydrogens (tertiary/aromatic N) is 2. The van der Waals surface area contributed by atoms with E-state index < -0.39 is 17.7 Å². The van der Waals surface area contributed by atoms with E-state index in [9.17, 15) is 14.7 Å². The lowest BCUT2D eigenvalue weighted by atomic mass is 10.0. The topological polar surface area (TPSA) is 99.9 Å². The van der Waals surface area contributed by atoms with Gasteiger partial charge in [-0.05, 0) is 56.2 Å². The van der Waals surface area contributed by atoms with E-state index in [4.69, 9.17) is 14.7 Å². The van der Waals surface area contributed by atoms with Gasteiger partial charge in [0.05, 0.1) is 24.7 Å². The average molecular weight is 394 g/mol. The number of carboxylic acids is 1. The number of ether oxygens (including phenoxy) is 2. The summed E-state index contributed by atoms with van der Waals surface area (Å²) in [5.74, 6) is -0.845. The molecule has 0 atom stereocenters. The molecule has 1 aliphatic heterocycles. The van der Waals surface area contributed by atoms with Crippen LogP contribution in [0.15, 0.2) is 42.5 Å². The highest BCUT2D eigenvalue weighted by Gasteiger charge is 2.35. The Morgan fingerprint density at radius 1 is 1.10 bits per heavy atom. The van der Waals surface area contributed by atoms with Gasteiger partial charge in [-0.1, -0.05) is 18.2 Å². The van der Waals surface area contributed by atoms with Crippen molar-refractivity contribution in [1.82, 2.24) is 4.90 Å². The Kier molecular flexibility index (Phi) is 5.46. The summed E-state index contributed by atoms with van der Waals surface area (Å²) in [4.78, 5) is 25.1. The summed E-state index contributed by atoms with van der Waals surface area (Å²) in [5.41, 5.74) is 1.64. The SMILES string of the molecule is CC(C)(C)OC(=O)N1CC(Oc2cc(-c3ccc(C#N)cc3)ccc2C(=O)O)C1. The molecule has 0 aromatic heterocycles. The Balaban J connectivity index is 1.74. The molecule has 29 heavy (non-hydrogen) atoms. The molecule has 7 nitrogen and oxygen atoms in total. The number of hydrogen-bond acceptors (Lipinski definition) is 5. The van der Waals surface area contributed by atoms with Gasteiger partial charge in [-0.15, -0.1) is 0 Å². The quantitative estimate of drug-likeness (QED) is 0.844. The van der Waals surface area contributed by atoms with Crippen LogP contribution in [-0.4, -0.2) is 46.9 Å². The highest BCUT2D eigenvalue weighted by molar-refractivity contribution is 5.92. The van der Waals surface area contributed by atoms with Gasteiger partial charge in [-0.2, -0.15) is 5.26 Å². The number of likely N-dealkylation sites (tertiary alicyclic amines) is 1. The van der Waals surface area contributed by atoms with E-state index in [1.807, 2.05) is 0 Å². The van der Waals surface area contributed by atoms with Crippen molar-refractivity contribution in [3.63, 3.8) is 0 Å². The van der Waals surface area contributed by atoms with Crippen LogP contribution >= 0.6 is 0 Å². The molecule has 1 saturated heterocycles. The lowest BCUT2D eigenvalue weighted by Gasteiger charge is -2.39. The van der Waals surface area contributed by atoms with Gasteiger partial charge in [-0.25, -0.2) is 9.59 Å². The fraction of sp³-hybridized carbons (Fsp3) is 0.318. The number of amides is 1. The zero-order chi connectivity index (χ0) is 21.2. The van der Waals surface area contributed by atoms with Crippen LogP contribution in [0, 0.1) is 11.3 Å². The number of aromatic carboxylic acids is 1. The smallest absolute Gasteiger partial charge is 0.410 e. The summed E-state index contributed by atoms with van der Waals surface area (Å²) < 4.78 is 11.2. The van der Waals surface area contributed by atoms with Crippen molar-refractivity contribution in [3.05, 3.63) is 53.6 Å². The molecule has 1 aliphatic rings. The largest absolute Gasteiger partial charge is 0.486 e. The van der Waals surface area contributed by atoms with Crippen LogP contribution in [-0.2, 0) is 4.74 Å². The van der Waals surface area contributed by atoms with E-state index >= 15 is 0 Å². The number of carbonyl (C=O) groups excluding carboxylic acids is 1. The second-order valence-electron chi connectivity index (χ2n) is 7.83. The van der Waals surface area contributed by atoms with Gasteiger partial charge in [0.2, 0.25) is 0 Å². The zero-order valence-corrected chi connectivity index (χ0v) is 16.5. The van der Waals surface area contributed by atoms with Gasteiger partial charge >= 0.3 is 12.1 Å². The molecule has 0 spiro atoms. The second-order valence-corrected chi connectivity index (χ2v) is 7.83. The minimum atomic E-state index is -1.09. The van der Waals surface area contributed by atoms with Gasteiger partial charge in [0.15, 0.2) is 0 Å². The van der Waals surface area contributed by atoms with E-state index in [-0.39, 0.29) is 17.4 Å². The summed E-state index contributed by atoms with van der Waals surface area (Å²) in [7, 11) is 0. The molecule has 7 heteroatoms. The minimum absolute atomic E-state index is 0.0538. The van der Waals surface area contributed by atoms with E-state index in [0.29, 0.717) is 18.7 Å². The first-order valence-corrected chi connectivity index (χ1v) is 9.19. The Hall–Kier alpha value is -3.53. The van der Waals surface area contributed by atoms with Crippen LogP contribution in [0.3, 0.4) is 0 Å². The second kappa shape index (κ2) is 7.84. The standard InChI is InChI=1S/C22H22N2O5/c1-22(2,3)29-21(27)24-12-17(13-24)28-19-10-16(8-9-18(19)20(25)26)15-6-4-14(11-23)5-7-15/h4-10,17H,12-13H2,1-3H3,(H,25,26). The molecule has 2 aromatic rings. The molecule has 150 valence electrons. The third kappa shape index (κ3) is 4.85. The molecule has 0 unspecified atom stereocenters. The number of benzene rings is 2. The van der Waals surface area contributed by atoms with Crippen molar-refractivity contribution in [2.24, 2.45) is 0 Å². The Bertz CT molecular complexity index is 964. The minimum Gasteiger partial charge on any atom is -0.486 e. The molecule has 0 saturated carbocycles. The first kappa shape index (κ1) is 20.2. The summed E-state index contributed by atoms with van der Waals surface area (Å²) in [6.07, 6.45) is -0.723. The number of carboxylic acid groups (broad SMARTS) is 1. The number of carbonyl (C=O) groups is 2. The molecule has 0 aliphatic carbocycles. The summed E-state index contributed by atoms with van der Waals surface area (Å²) in [6, 6.07) is 13.9. The molecule has 2 aromatic carbocycles. The van der Waals surface area contributed by atoms with Crippen molar-refractivity contribution >= 4 is 12.1 Å². The zero-order valence-electron chi connectivity index (χ0n) is 16.5. The summed E-state index contributed by atoms with van der Waals surface area (Å²) in [5, 5.41) is 18.4. The van der Waals surface area contributed by atoms with Crippen molar-refractivity contribution in [2.45, 2.75) is 32.5 Å². The summed E-state index contributed by atoms with van der Waals surface area (Å²) in [6.45, 7) is 6.05. The third-order valence-electron chi connectivity index (χ3n) is 4.35. The fourth-order valence-corrected chi connectivity index (χ4v) is 2.88. The third-order valence-corrected chi connectivity index (χ3v) is 4.35. The lowest BCUT2D eigenvalue weighted by Crippen LogP contribution is -2.57. The van der Waals surface area contributed by atoms with Crippen LogP contribution in [0.5, 0.6) is 5.75 Å². The first-order chi connectivity index (χ1) is 13.7. The van der Waals surface area contributed by atoms with E-state index in [1.165, 1.54) is 11.0 Å². The first-order valence-electron chi connectivity index (χ1n) is 9.19. The molecular formula is C22H22N2O5. The van der Waals surface area contributed by atoms with Crippen LogP contribution in [0.2, 0.25) is 0 Å². The molecule has 3 rings (SSSR count). The van der Waals surface area contributed by atoms with Gasteiger partial charge in [0.1, 0.15) is 23.0 Å². The van der Waals surface area contributed by atoms with Gasteiger partial charge in [0, 0.05) is 0 Å². The van der Waals surface area contributed by atoms with Gasteiger partial charge < -0.3 is 19.5 Å². The highest BCUT2D eigenvalue weighted by Crippen LogP contribution is 2.30. The average Bonchev–Trinajstić information content (AvgIpc) is 2.62. The monoisotopic (exact) mass is 394 g/mol. The number of rotatable bonds is 4. The lowest BCUT2D eigenvalue weighted by molar-refractivity contribution is -0.0224. The Labute approximate surface area is 169 Å². The number of nitriles is 1. The highest BCUT2D eigenvalue weighted by atomic mass is 16.6. The predicted octanol–water partition coefficient (Wildman–Crippen LogP) is 3.92. The van der Waals surface area contributed by atoms with Crippen LogP contribution in [0.25, 0.3) is 11.1 Å². The van der Waals surface area contributed by atoms with Gasteiger partial charge in [-0.3, -0.25) is 0 Å². The molecular weight excluding hydrogens is 372 g/mol. The maximum absolute atomic E-state index is 12.0. The molecule has 1 amide bonds. The van der Waals surface area contributed by atoms with Crippen LogP contribution in [0.4, 0.5) is 4.79 Å². The maximum atomic E-state index is 12.0. The molecule has 1 heterocycles. The fourth-order valence-electron chi connectivity index (χ4n) is 2.88. The molecule has 1 N–H and O–H groups in total. The molecule has 0 radical (unpaired) electrons.